The molecule has 186 valence electrons. The second-order valence-corrected chi connectivity index (χ2v) is 8.30. The third-order valence-corrected chi connectivity index (χ3v) is 5.88. The van der Waals surface area contributed by atoms with Crippen molar-refractivity contribution in [1.82, 2.24) is 0 Å². The highest BCUT2D eigenvalue weighted by Crippen LogP contribution is 2.28. The van der Waals surface area contributed by atoms with Crippen molar-refractivity contribution in [2.75, 3.05) is 7.11 Å². The number of methoxy groups -OCH3 is 1. The minimum atomic E-state index is -0.658. The number of hydrogen-bond donors (Lipinski definition) is 4. The molecule has 5 aromatic rings. The Morgan fingerprint density at radius 1 is 0.676 bits per heavy atom. The van der Waals surface area contributed by atoms with Crippen LogP contribution < -0.4 is 24.9 Å². The van der Waals surface area contributed by atoms with E-state index in [0.717, 1.165) is 27.8 Å². The lowest BCUT2D eigenvalue weighted by atomic mass is 10.1. The van der Waals surface area contributed by atoms with Crippen LogP contribution in [0.1, 0.15) is 5.56 Å². The number of phenols is 1. The molecule has 0 spiro atoms. The Kier molecular flexibility index (Phi) is 6.59. The second kappa shape index (κ2) is 10.1. The summed E-state index contributed by atoms with van der Waals surface area (Å²) in [7, 11) is 1.59. The first-order valence-electron chi connectivity index (χ1n) is 11.3. The van der Waals surface area contributed by atoms with Gasteiger partial charge < -0.3 is 35.3 Å². The van der Waals surface area contributed by atoms with E-state index in [1.54, 1.807) is 67.8 Å². The standard InChI is InChI=1S/C28H23N3O6/c1-35-26-10-6-20-14-23(8-4-22(20)16-26)30(33)36-27-11-2-18(17-29)12-28(27)37-31(34)24-7-3-21-15-25(32)9-5-19(21)13-24/h2-17,29-32H,1H3. The molecule has 37 heavy (non-hydrogen) atoms. The van der Waals surface area contributed by atoms with Gasteiger partial charge in [-0.2, -0.15) is 0 Å². The van der Waals surface area contributed by atoms with Crippen LogP contribution in [0, 0.1) is 15.8 Å². The van der Waals surface area contributed by atoms with Gasteiger partial charge in [-0.05, 0) is 75.6 Å². The van der Waals surface area contributed by atoms with Gasteiger partial charge in [-0.25, -0.2) is 0 Å². The molecule has 5 rings (SSSR count). The maximum Gasteiger partial charge on any atom is 0.240 e. The van der Waals surface area contributed by atoms with Gasteiger partial charge in [0.05, 0.1) is 7.11 Å². The predicted octanol–water partition coefficient (Wildman–Crippen LogP) is 3.72. The zero-order valence-corrected chi connectivity index (χ0v) is 19.7. The summed E-state index contributed by atoms with van der Waals surface area (Å²) in [6.45, 7) is 0. The van der Waals surface area contributed by atoms with Crippen LogP contribution in [0.4, 0.5) is 11.4 Å². The number of aromatic hydroxyl groups is 1. The topological polar surface area (TPSA) is 127 Å². The zero-order chi connectivity index (χ0) is 25.9. The van der Waals surface area contributed by atoms with Crippen LogP contribution in [-0.2, 0) is 0 Å². The molecule has 0 saturated carbocycles. The van der Waals surface area contributed by atoms with Gasteiger partial charge in [-0.3, -0.25) is 0 Å². The molecule has 0 aromatic heterocycles. The third-order valence-electron chi connectivity index (χ3n) is 5.88. The number of nitrogens with one attached hydrogen (secondary N) is 3. The fraction of sp³-hybridized carbons (Fsp3) is 0.0357. The first-order valence-corrected chi connectivity index (χ1v) is 11.3. The molecule has 0 aliphatic carbocycles. The van der Waals surface area contributed by atoms with Crippen LogP contribution >= 0.6 is 0 Å². The molecule has 2 unspecified atom stereocenters. The Hall–Kier alpha value is -4.67. The molecule has 0 saturated heterocycles. The van der Waals surface area contributed by atoms with Crippen molar-refractivity contribution in [3.63, 3.8) is 0 Å². The molecule has 0 heterocycles. The molecular formula is C28H23N3O6. The van der Waals surface area contributed by atoms with E-state index in [1.165, 1.54) is 18.2 Å². The quantitative estimate of drug-likeness (QED) is 0.191. The number of rotatable bonds is 8. The SMILES string of the molecule is COc1ccc2cc([NH+]([O-])Oc3ccc(C=N)cc3O[NH+]([O-])c3ccc4cc(O)ccc4c3)ccc2c1. The maximum absolute atomic E-state index is 13.0. The Morgan fingerprint density at radius 3 is 1.89 bits per heavy atom. The third kappa shape index (κ3) is 5.15. The molecule has 9 nitrogen and oxygen atoms in total. The van der Waals surface area contributed by atoms with Crippen LogP contribution in [0.25, 0.3) is 21.5 Å². The van der Waals surface area contributed by atoms with E-state index >= 15 is 0 Å². The van der Waals surface area contributed by atoms with Crippen LogP contribution in [-0.4, -0.2) is 18.4 Å². The van der Waals surface area contributed by atoms with Gasteiger partial charge in [-0.15, -0.1) is 10.5 Å². The van der Waals surface area contributed by atoms with Crippen molar-refractivity contribution in [3.8, 4) is 23.0 Å². The fourth-order valence-corrected chi connectivity index (χ4v) is 3.93. The summed E-state index contributed by atoms with van der Waals surface area (Å²) in [5.74, 6) is 0.897. The maximum atomic E-state index is 13.0. The first kappa shape index (κ1) is 24.0. The summed E-state index contributed by atoms with van der Waals surface area (Å²) in [5, 5.41) is 45.1. The van der Waals surface area contributed by atoms with Gasteiger partial charge in [0.25, 0.3) is 0 Å². The largest absolute Gasteiger partial charge is 0.585 e. The van der Waals surface area contributed by atoms with Gasteiger partial charge in [0.15, 0.2) is 11.4 Å². The Labute approximate surface area is 211 Å². The number of quaternary nitrogens is 2. The van der Waals surface area contributed by atoms with Crippen molar-refractivity contribution >= 4 is 39.1 Å². The molecule has 0 aliphatic rings. The number of hydrogen-bond acceptors (Lipinski definition) is 7. The van der Waals surface area contributed by atoms with E-state index in [1.807, 2.05) is 12.1 Å². The molecule has 0 fully saturated rings. The molecule has 0 radical (unpaired) electrons. The van der Waals surface area contributed by atoms with Gasteiger partial charge in [0, 0.05) is 36.5 Å². The van der Waals surface area contributed by atoms with Crippen molar-refractivity contribution in [1.29, 1.82) is 5.41 Å². The Morgan fingerprint density at radius 2 is 1.24 bits per heavy atom. The minimum Gasteiger partial charge on any atom is -0.585 e. The molecule has 0 bridgehead atoms. The molecule has 2 atom stereocenters. The number of ether oxygens (including phenoxy) is 1. The van der Waals surface area contributed by atoms with Crippen LogP contribution in [0.5, 0.6) is 23.0 Å². The second-order valence-electron chi connectivity index (χ2n) is 8.30. The average molecular weight is 498 g/mol. The number of phenolic OH excluding ortho intramolecular Hbond substituents is 1. The van der Waals surface area contributed by atoms with Gasteiger partial charge in [0.1, 0.15) is 11.5 Å². The Bertz CT molecular complexity index is 1610. The summed E-state index contributed by atoms with van der Waals surface area (Å²) < 4.78 is 5.24. The molecule has 0 amide bonds. The monoisotopic (exact) mass is 497 g/mol. The smallest absolute Gasteiger partial charge is 0.240 e. The van der Waals surface area contributed by atoms with Crippen molar-refractivity contribution < 1.29 is 30.0 Å². The van der Waals surface area contributed by atoms with Crippen molar-refractivity contribution in [2.24, 2.45) is 0 Å². The lowest BCUT2D eigenvalue weighted by Gasteiger charge is -2.24. The molecular weight excluding hydrogens is 474 g/mol. The fourth-order valence-electron chi connectivity index (χ4n) is 3.93. The highest BCUT2D eigenvalue weighted by atomic mass is 16.9. The van der Waals surface area contributed by atoms with Crippen LogP contribution in [0.2, 0.25) is 0 Å². The summed E-state index contributed by atoms with van der Waals surface area (Å²) in [6.07, 6.45) is 1.10. The minimum absolute atomic E-state index is 0.00989. The summed E-state index contributed by atoms with van der Waals surface area (Å²) in [6, 6.07) is 25.0. The van der Waals surface area contributed by atoms with E-state index in [2.05, 4.69) is 0 Å². The Balaban J connectivity index is 1.40. The van der Waals surface area contributed by atoms with Gasteiger partial charge >= 0.3 is 0 Å². The average Bonchev–Trinajstić information content (AvgIpc) is 2.92. The molecule has 0 aliphatic heterocycles. The highest BCUT2D eigenvalue weighted by Gasteiger charge is 2.17. The van der Waals surface area contributed by atoms with Crippen molar-refractivity contribution in [2.45, 2.75) is 0 Å². The van der Waals surface area contributed by atoms with E-state index < -0.39 is 10.5 Å². The van der Waals surface area contributed by atoms with Gasteiger partial charge in [-0.1, -0.05) is 12.1 Å². The molecule has 4 N–H and O–H groups in total. The van der Waals surface area contributed by atoms with Crippen LogP contribution in [0.15, 0.2) is 91.0 Å². The molecule has 5 aromatic carbocycles. The van der Waals surface area contributed by atoms with E-state index in [4.69, 9.17) is 19.8 Å². The summed E-state index contributed by atoms with van der Waals surface area (Å²) in [5.41, 5.74) is 1.07. The van der Waals surface area contributed by atoms with E-state index in [-0.39, 0.29) is 22.9 Å². The predicted molar refractivity (Wildman–Crippen MR) is 140 cm³/mol. The number of benzene rings is 5. The lowest BCUT2D eigenvalue weighted by molar-refractivity contribution is -0.970. The number of fused-ring (bicyclic) bond motifs is 2. The van der Waals surface area contributed by atoms with E-state index in [9.17, 15) is 15.5 Å². The summed E-state index contributed by atoms with van der Waals surface area (Å²) >= 11 is 0. The molecule has 9 heteroatoms. The lowest BCUT2D eigenvalue weighted by Crippen LogP contribution is -3.05. The first-order chi connectivity index (χ1) is 17.9. The highest BCUT2D eigenvalue weighted by molar-refractivity contribution is 5.86. The zero-order valence-electron chi connectivity index (χ0n) is 19.7. The van der Waals surface area contributed by atoms with Crippen molar-refractivity contribution in [3.05, 3.63) is 107 Å². The summed E-state index contributed by atoms with van der Waals surface area (Å²) in [4.78, 5) is 11.2. The van der Waals surface area contributed by atoms with Crippen LogP contribution in [0.3, 0.4) is 0 Å². The van der Waals surface area contributed by atoms with Gasteiger partial charge in [0.2, 0.25) is 11.5 Å². The normalized spacial score (nSPS) is 12.7. The van der Waals surface area contributed by atoms with E-state index in [0.29, 0.717) is 17.0 Å².